The lowest BCUT2D eigenvalue weighted by atomic mass is 9.59. The molecule has 2 spiro atoms. The fraction of sp³-hybridized carbons (Fsp3) is 1.00. The Morgan fingerprint density at radius 1 is 0.607 bits per heavy atom. The first-order chi connectivity index (χ1) is 13.2. The van der Waals surface area contributed by atoms with Crippen molar-refractivity contribution in [3.63, 3.8) is 0 Å². The first-order valence-corrected chi connectivity index (χ1v) is 11.8. The van der Waals surface area contributed by atoms with Crippen LogP contribution in [-0.4, -0.2) is 38.0 Å². The van der Waals surface area contributed by atoms with Gasteiger partial charge in [0.25, 0.3) is 0 Å². The molecule has 4 nitrogen and oxygen atoms in total. The molecule has 0 N–H and O–H groups in total. The topological polar surface area (TPSA) is 36.9 Å². The minimum absolute atomic E-state index is 0.147. The summed E-state index contributed by atoms with van der Waals surface area (Å²) in [5, 5.41) is 0. The quantitative estimate of drug-likeness (QED) is 0.686. The smallest absolute Gasteiger partial charge is 0.174 e. The maximum absolute atomic E-state index is 6.32. The Labute approximate surface area is 170 Å². The van der Waals surface area contributed by atoms with E-state index >= 15 is 0 Å². The fourth-order valence-corrected chi connectivity index (χ4v) is 9.30. The molecule has 4 heteroatoms. The molecule has 6 aliphatic rings. The summed E-state index contributed by atoms with van der Waals surface area (Å²) in [6.07, 6.45) is 9.96. The van der Waals surface area contributed by atoms with Gasteiger partial charge in [-0.05, 0) is 61.2 Å². The van der Waals surface area contributed by atoms with E-state index < -0.39 is 0 Å². The number of rotatable bonds is 3. The second kappa shape index (κ2) is 5.36. The summed E-state index contributed by atoms with van der Waals surface area (Å²) < 4.78 is 25.3. The highest BCUT2D eigenvalue weighted by Crippen LogP contribution is 2.77. The zero-order valence-electron chi connectivity index (χ0n) is 18.3. The Morgan fingerprint density at radius 3 is 1.32 bits per heavy atom. The molecule has 4 bridgehead atoms. The van der Waals surface area contributed by atoms with Crippen LogP contribution in [0.4, 0.5) is 0 Å². The molecule has 4 saturated carbocycles. The molecule has 2 heterocycles. The van der Waals surface area contributed by atoms with Gasteiger partial charge < -0.3 is 18.9 Å². The predicted octanol–water partition coefficient (Wildman–Crippen LogP) is 4.91. The molecule has 0 unspecified atom stereocenters. The SMILES string of the molecule is C[C@]1(CC[C@]2(C)[C@@H]3CC[C@@]2(C)C2(C3)OCCO2)[C@@H]2CC[C@@]1(C)C1(C2)OCCO1. The molecular formula is C24H38O4. The molecule has 4 aliphatic carbocycles. The summed E-state index contributed by atoms with van der Waals surface area (Å²) >= 11 is 0. The number of hydrogen-bond acceptors (Lipinski definition) is 4. The lowest BCUT2D eigenvalue weighted by Gasteiger charge is -2.49. The van der Waals surface area contributed by atoms with Gasteiger partial charge in [0.05, 0.1) is 26.4 Å². The first-order valence-electron chi connectivity index (χ1n) is 11.8. The van der Waals surface area contributed by atoms with Crippen LogP contribution >= 0.6 is 0 Å². The Morgan fingerprint density at radius 2 is 0.964 bits per heavy atom. The van der Waals surface area contributed by atoms with Gasteiger partial charge in [-0.15, -0.1) is 0 Å². The van der Waals surface area contributed by atoms with Crippen molar-refractivity contribution in [3.8, 4) is 0 Å². The summed E-state index contributed by atoms with van der Waals surface area (Å²) in [5.74, 6) is 0.865. The molecule has 6 fully saturated rings. The highest BCUT2D eigenvalue weighted by molar-refractivity contribution is 5.21. The summed E-state index contributed by atoms with van der Waals surface area (Å²) in [7, 11) is 0. The second-order valence-corrected chi connectivity index (χ2v) is 11.8. The maximum Gasteiger partial charge on any atom is 0.174 e. The van der Waals surface area contributed by atoms with Crippen LogP contribution in [-0.2, 0) is 18.9 Å². The molecule has 158 valence electrons. The third kappa shape index (κ3) is 1.77. The van der Waals surface area contributed by atoms with Crippen LogP contribution in [0.1, 0.15) is 79.1 Å². The average molecular weight is 391 g/mol. The van der Waals surface area contributed by atoms with E-state index in [4.69, 9.17) is 18.9 Å². The molecule has 0 aromatic rings. The van der Waals surface area contributed by atoms with Crippen molar-refractivity contribution in [2.24, 2.45) is 33.5 Å². The summed E-state index contributed by atoms with van der Waals surface area (Å²) in [5.41, 5.74) is 0.912. The van der Waals surface area contributed by atoms with Crippen LogP contribution in [0.15, 0.2) is 0 Å². The average Bonchev–Trinajstić information content (AvgIpc) is 3.47. The van der Waals surface area contributed by atoms with Crippen LogP contribution in [0.2, 0.25) is 0 Å². The van der Waals surface area contributed by atoms with Crippen molar-refractivity contribution in [2.75, 3.05) is 26.4 Å². The zero-order valence-corrected chi connectivity index (χ0v) is 18.3. The van der Waals surface area contributed by atoms with Crippen LogP contribution < -0.4 is 0 Å². The zero-order chi connectivity index (χ0) is 19.5. The summed E-state index contributed by atoms with van der Waals surface area (Å²) in [6, 6.07) is 0. The van der Waals surface area contributed by atoms with E-state index in [-0.39, 0.29) is 22.4 Å². The van der Waals surface area contributed by atoms with E-state index in [0.717, 1.165) is 51.1 Å². The van der Waals surface area contributed by atoms with Crippen LogP contribution in [0, 0.1) is 33.5 Å². The van der Waals surface area contributed by atoms with Gasteiger partial charge in [-0.2, -0.15) is 0 Å². The Kier molecular flexibility index (Phi) is 3.56. The standard InChI is InChI=1S/C24H38O4/c1-19(17-5-7-21(19,3)23(15-17)25-11-12-26-23)9-10-20(2)18-6-8-22(20,4)24(16-18)27-13-14-28-24/h17-18H,5-16H2,1-4H3/t17-,18-,19-,20+,21-,22-/m1/s1. The largest absolute Gasteiger partial charge is 0.347 e. The van der Waals surface area contributed by atoms with Gasteiger partial charge in [-0.25, -0.2) is 0 Å². The van der Waals surface area contributed by atoms with E-state index in [2.05, 4.69) is 27.7 Å². The molecule has 0 radical (unpaired) electrons. The van der Waals surface area contributed by atoms with Crippen molar-refractivity contribution >= 4 is 0 Å². The van der Waals surface area contributed by atoms with Crippen LogP contribution in [0.3, 0.4) is 0 Å². The molecule has 2 aliphatic heterocycles. The molecule has 28 heavy (non-hydrogen) atoms. The van der Waals surface area contributed by atoms with E-state index in [1.807, 2.05) is 0 Å². The number of hydrogen-bond donors (Lipinski definition) is 0. The highest BCUT2D eigenvalue weighted by atomic mass is 16.7. The van der Waals surface area contributed by atoms with Crippen LogP contribution in [0.25, 0.3) is 0 Å². The first kappa shape index (κ1) is 18.6. The normalized spacial score (nSPS) is 55.3. The van der Waals surface area contributed by atoms with E-state index in [0.29, 0.717) is 10.8 Å². The van der Waals surface area contributed by atoms with Gasteiger partial charge in [-0.3, -0.25) is 0 Å². The molecule has 0 aromatic heterocycles. The van der Waals surface area contributed by atoms with Crippen molar-refractivity contribution in [2.45, 2.75) is 90.6 Å². The van der Waals surface area contributed by atoms with Gasteiger partial charge in [-0.1, -0.05) is 27.7 Å². The molecule has 6 rings (SSSR count). The van der Waals surface area contributed by atoms with Crippen molar-refractivity contribution in [3.05, 3.63) is 0 Å². The molecule has 6 atom stereocenters. The van der Waals surface area contributed by atoms with Crippen molar-refractivity contribution in [1.82, 2.24) is 0 Å². The van der Waals surface area contributed by atoms with Gasteiger partial charge in [0, 0.05) is 23.7 Å². The Balaban J connectivity index is 1.29. The van der Waals surface area contributed by atoms with Gasteiger partial charge in [0.15, 0.2) is 11.6 Å². The van der Waals surface area contributed by atoms with Gasteiger partial charge >= 0.3 is 0 Å². The predicted molar refractivity (Wildman–Crippen MR) is 106 cm³/mol. The van der Waals surface area contributed by atoms with Gasteiger partial charge in [0.1, 0.15) is 0 Å². The van der Waals surface area contributed by atoms with E-state index in [1.165, 1.54) is 38.5 Å². The summed E-state index contributed by atoms with van der Waals surface area (Å²) in [6.45, 7) is 13.2. The Bertz CT molecular complexity index is 622. The fourth-order valence-electron chi connectivity index (χ4n) is 9.30. The number of ether oxygens (including phenoxy) is 4. The van der Waals surface area contributed by atoms with E-state index in [1.54, 1.807) is 0 Å². The minimum Gasteiger partial charge on any atom is -0.347 e. The molecule has 2 saturated heterocycles. The number of fused-ring (bicyclic) bond motifs is 6. The monoisotopic (exact) mass is 390 g/mol. The van der Waals surface area contributed by atoms with E-state index in [9.17, 15) is 0 Å². The van der Waals surface area contributed by atoms with Crippen molar-refractivity contribution in [1.29, 1.82) is 0 Å². The third-order valence-electron chi connectivity index (χ3n) is 11.7. The van der Waals surface area contributed by atoms with Gasteiger partial charge in [0.2, 0.25) is 0 Å². The lowest BCUT2D eigenvalue weighted by Crippen LogP contribution is -2.50. The summed E-state index contributed by atoms with van der Waals surface area (Å²) in [4.78, 5) is 0. The second-order valence-electron chi connectivity index (χ2n) is 11.8. The van der Waals surface area contributed by atoms with Crippen LogP contribution in [0.5, 0.6) is 0 Å². The van der Waals surface area contributed by atoms with Crippen molar-refractivity contribution < 1.29 is 18.9 Å². The third-order valence-corrected chi connectivity index (χ3v) is 11.7. The minimum atomic E-state index is -0.303. The lowest BCUT2D eigenvalue weighted by molar-refractivity contribution is -0.244. The maximum atomic E-state index is 6.32. The highest BCUT2D eigenvalue weighted by Gasteiger charge is 2.76. The molecular weight excluding hydrogens is 352 g/mol. The molecule has 0 amide bonds. The molecule has 0 aromatic carbocycles. The Hall–Kier alpha value is -0.160.